The van der Waals surface area contributed by atoms with Crippen molar-refractivity contribution in [3.8, 4) is 12.1 Å². The van der Waals surface area contributed by atoms with Crippen molar-refractivity contribution in [1.29, 1.82) is 10.5 Å². The number of hydrogen-bond donors (Lipinski definition) is 0. The summed E-state index contributed by atoms with van der Waals surface area (Å²) in [6.45, 7) is 0. The third-order valence-corrected chi connectivity index (χ3v) is 1.83. The van der Waals surface area contributed by atoms with E-state index in [1.165, 1.54) is 0 Å². The molecule has 0 fully saturated rings. The van der Waals surface area contributed by atoms with Gasteiger partial charge in [0.25, 0.3) is 0 Å². The summed E-state index contributed by atoms with van der Waals surface area (Å²) in [5.41, 5.74) is 0. The van der Waals surface area contributed by atoms with E-state index in [0.29, 0.717) is 0 Å². The molecule has 42 valence electrons. The van der Waals surface area contributed by atoms with Gasteiger partial charge in [-0.05, 0) is 0 Å². The summed E-state index contributed by atoms with van der Waals surface area (Å²) in [4.78, 5) is 0. The summed E-state index contributed by atoms with van der Waals surface area (Å²) in [6, 6.07) is 3.72. The van der Waals surface area contributed by atoms with Gasteiger partial charge in [-0.2, -0.15) is 0 Å². The van der Waals surface area contributed by atoms with Gasteiger partial charge in [0.05, 0.1) is 0 Å². The van der Waals surface area contributed by atoms with Crippen molar-refractivity contribution in [3.63, 3.8) is 0 Å². The van der Waals surface area contributed by atoms with E-state index in [0.717, 1.165) is 0 Å². The van der Waals surface area contributed by atoms with Crippen LogP contribution in [-0.2, 0) is 0 Å². The molecule has 0 radical (unpaired) electrons. The first-order valence-electron chi connectivity index (χ1n) is 1.87. The van der Waals surface area contributed by atoms with Crippen molar-refractivity contribution in [2.75, 3.05) is 0 Å². The van der Waals surface area contributed by atoms with Gasteiger partial charge in [-0.15, -0.1) is 0 Å². The molecule has 0 aliphatic heterocycles. The molecule has 0 rings (SSSR count). The van der Waals surface area contributed by atoms with E-state index >= 15 is 0 Å². The van der Waals surface area contributed by atoms with Crippen LogP contribution in [0.3, 0.4) is 0 Å². The van der Waals surface area contributed by atoms with Gasteiger partial charge in [-0.25, -0.2) is 0 Å². The molecule has 0 aromatic heterocycles. The molecular formula is C4H4N2Se2. The van der Waals surface area contributed by atoms with Crippen molar-refractivity contribution in [2.24, 2.45) is 5.92 Å². The van der Waals surface area contributed by atoms with Crippen LogP contribution in [0.5, 0.6) is 0 Å². The maximum absolute atomic E-state index is 8.20. The Morgan fingerprint density at radius 1 is 1.12 bits per heavy atom. The fourth-order valence-electron chi connectivity index (χ4n) is 0.162. The maximum atomic E-state index is 8.20. The van der Waals surface area contributed by atoms with Gasteiger partial charge < -0.3 is 0 Å². The van der Waals surface area contributed by atoms with Crippen molar-refractivity contribution < 1.29 is 0 Å². The standard InChI is InChI=1S/C4H4N2Se2/c5-1-3(2-6)4(7)8/h3-4,7-8H. The first-order valence-corrected chi connectivity index (χ1v) is 4.04. The van der Waals surface area contributed by atoms with Crippen LogP contribution in [0, 0.1) is 28.6 Å². The zero-order valence-electron chi connectivity index (χ0n) is 3.94. The molecule has 0 N–H and O–H groups in total. The SMILES string of the molecule is N#CC(C#N)C([SeH])[SeH]. The van der Waals surface area contributed by atoms with E-state index in [1.807, 2.05) is 12.1 Å². The average Bonchev–Trinajstić information content (AvgIpc) is 1.69. The van der Waals surface area contributed by atoms with Crippen LogP contribution in [0.4, 0.5) is 0 Å². The van der Waals surface area contributed by atoms with Crippen LogP contribution in [0.15, 0.2) is 0 Å². The first kappa shape index (κ1) is 8.02. The summed E-state index contributed by atoms with van der Waals surface area (Å²) in [7, 11) is 0. The molecule has 2 nitrogen and oxygen atoms in total. The van der Waals surface area contributed by atoms with E-state index in [9.17, 15) is 0 Å². The molecule has 0 spiro atoms. The van der Waals surface area contributed by atoms with Gasteiger partial charge in [0, 0.05) is 0 Å². The van der Waals surface area contributed by atoms with Gasteiger partial charge in [0.2, 0.25) is 0 Å². The Morgan fingerprint density at radius 3 is 1.50 bits per heavy atom. The average molecular weight is 238 g/mol. The summed E-state index contributed by atoms with van der Waals surface area (Å²) in [6.07, 6.45) is 0. The molecule has 0 atom stereocenters. The zero-order valence-corrected chi connectivity index (χ0v) is 7.70. The van der Waals surface area contributed by atoms with E-state index in [4.69, 9.17) is 10.5 Å². The Bertz CT molecular complexity index is 127. The van der Waals surface area contributed by atoms with Gasteiger partial charge >= 0.3 is 64.3 Å². The number of hydrogen-bond acceptors (Lipinski definition) is 2. The van der Waals surface area contributed by atoms with E-state index in [1.54, 1.807) is 0 Å². The Morgan fingerprint density at radius 2 is 1.50 bits per heavy atom. The minimum atomic E-state index is -0.491. The van der Waals surface area contributed by atoms with Gasteiger partial charge in [0.15, 0.2) is 0 Å². The molecule has 0 unspecified atom stereocenters. The second kappa shape index (κ2) is 3.95. The quantitative estimate of drug-likeness (QED) is 0.561. The zero-order chi connectivity index (χ0) is 6.57. The summed E-state index contributed by atoms with van der Waals surface area (Å²) in [5, 5.41) is 16.4. The van der Waals surface area contributed by atoms with Crippen LogP contribution in [0.1, 0.15) is 0 Å². The van der Waals surface area contributed by atoms with Crippen LogP contribution in [0.25, 0.3) is 0 Å². The molecule has 0 saturated heterocycles. The second-order valence-corrected chi connectivity index (χ2v) is 5.40. The Kier molecular flexibility index (Phi) is 3.96. The molecule has 0 aromatic carbocycles. The summed E-state index contributed by atoms with van der Waals surface area (Å²) < 4.78 is 0.0324. The Hall–Kier alpha value is 0.0190. The molecule has 0 aliphatic carbocycles. The summed E-state index contributed by atoms with van der Waals surface area (Å²) in [5.74, 6) is -0.491. The predicted octanol–water partition coefficient (Wildman–Crippen LogP) is -0.803. The Labute approximate surface area is 64.5 Å². The molecule has 4 heteroatoms. The molecular weight excluding hydrogens is 234 g/mol. The molecule has 0 aromatic rings. The van der Waals surface area contributed by atoms with E-state index in [-0.39, 0.29) is 3.71 Å². The van der Waals surface area contributed by atoms with Crippen molar-refractivity contribution in [1.82, 2.24) is 0 Å². The molecule has 0 saturated carbocycles. The van der Waals surface area contributed by atoms with E-state index in [2.05, 4.69) is 32.0 Å². The predicted molar refractivity (Wildman–Crippen MR) is 32.8 cm³/mol. The molecule has 0 heterocycles. The fraction of sp³-hybridized carbons (Fsp3) is 0.500. The third kappa shape index (κ3) is 2.36. The minimum absolute atomic E-state index is 0.0324. The fourth-order valence-corrected chi connectivity index (χ4v) is 0.722. The Balaban J connectivity index is 3.81. The molecule has 0 aliphatic rings. The van der Waals surface area contributed by atoms with Crippen LogP contribution in [0.2, 0.25) is 3.71 Å². The monoisotopic (exact) mass is 240 g/mol. The van der Waals surface area contributed by atoms with Crippen molar-refractivity contribution in [3.05, 3.63) is 0 Å². The van der Waals surface area contributed by atoms with Crippen molar-refractivity contribution >= 4 is 32.0 Å². The third-order valence-electron chi connectivity index (χ3n) is 0.576. The second-order valence-electron chi connectivity index (χ2n) is 1.15. The molecule has 0 bridgehead atoms. The number of nitrogens with zero attached hydrogens (tertiary/aromatic N) is 2. The van der Waals surface area contributed by atoms with Crippen LogP contribution in [-0.4, -0.2) is 32.0 Å². The van der Waals surface area contributed by atoms with Gasteiger partial charge in [-0.3, -0.25) is 0 Å². The van der Waals surface area contributed by atoms with Crippen LogP contribution < -0.4 is 0 Å². The van der Waals surface area contributed by atoms with Crippen LogP contribution >= 0.6 is 0 Å². The van der Waals surface area contributed by atoms with Gasteiger partial charge in [-0.1, -0.05) is 0 Å². The first-order chi connectivity index (χ1) is 3.72. The molecule has 8 heavy (non-hydrogen) atoms. The normalized spacial score (nSPS) is 8.75. The number of nitriles is 2. The molecule has 0 amide bonds. The van der Waals surface area contributed by atoms with E-state index < -0.39 is 5.92 Å². The summed E-state index contributed by atoms with van der Waals surface area (Å²) >= 11 is 4.50. The van der Waals surface area contributed by atoms with Crippen molar-refractivity contribution in [2.45, 2.75) is 3.71 Å². The topological polar surface area (TPSA) is 47.6 Å². The number of rotatable bonds is 1. The van der Waals surface area contributed by atoms with Gasteiger partial charge in [0.1, 0.15) is 0 Å².